The third kappa shape index (κ3) is 2.08. The summed E-state index contributed by atoms with van der Waals surface area (Å²) in [5.41, 5.74) is 2.03. The highest BCUT2D eigenvalue weighted by atomic mass is 16.4. The molecule has 3 rings (SSSR count). The molecule has 0 spiro atoms. The Morgan fingerprint density at radius 2 is 1.74 bits per heavy atom. The predicted octanol–water partition coefficient (Wildman–Crippen LogP) is 2.78. The second-order valence-corrected chi connectivity index (χ2v) is 4.31. The van der Waals surface area contributed by atoms with Crippen molar-refractivity contribution in [2.75, 3.05) is 0 Å². The summed E-state index contributed by atoms with van der Waals surface area (Å²) in [6.07, 6.45) is 0. The molecular formula is C15H12N2O2. The zero-order valence-electron chi connectivity index (χ0n) is 10.2. The van der Waals surface area contributed by atoms with Gasteiger partial charge in [-0.2, -0.15) is 5.10 Å². The zero-order chi connectivity index (χ0) is 13.2. The Morgan fingerprint density at radius 3 is 2.47 bits per heavy atom. The third-order valence-electron chi connectivity index (χ3n) is 3.04. The van der Waals surface area contributed by atoms with Gasteiger partial charge in [0.05, 0.1) is 12.1 Å². The van der Waals surface area contributed by atoms with Crippen LogP contribution in [0.4, 0.5) is 0 Å². The summed E-state index contributed by atoms with van der Waals surface area (Å²) in [6, 6.07) is 17.2. The molecule has 4 nitrogen and oxygen atoms in total. The van der Waals surface area contributed by atoms with Crippen molar-refractivity contribution in [2.45, 2.75) is 6.54 Å². The van der Waals surface area contributed by atoms with E-state index >= 15 is 0 Å². The molecule has 0 saturated carbocycles. The minimum atomic E-state index is -0.997. The Labute approximate surface area is 109 Å². The van der Waals surface area contributed by atoms with Gasteiger partial charge < -0.3 is 5.11 Å². The molecular weight excluding hydrogens is 240 g/mol. The molecule has 0 radical (unpaired) electrons. The summed E-state index contributed by atoms with van der Waals surface area (Å²) in [4.78, 5) is 11.2. The average Bonchev–Trinajstić information content (AvgIpc) is 2.79. The quantitative estimate of drug-likeness (QED) is 0.779. The maximum atomic E-state index is 11.2. The number of hydrogen-bond acceptors (Lipinski definition) is 2. The Bertz CT molecular complexity index is 732. The van der Waals surface area contributed by atoms with Gasteiger partial charge in [-0.15, -0.1) is 0 Å². The van der Waals surface area contributed by atoms with Gasteiger partial charge in [0, 0.05) is 5.39 Å². The summed E-state index contributed by atoms with van der Waals surface area (Å²) >= 11 is 0. The minimum Gasteiger partial charge on any atom is -0.476 e. The number of rotatable bonds is 3. The van der Waals surface area contributed by atoms with Crippen molar-refractivity contribution in [1.82, 2.24) is 9.78 Å². The maximum absolute atomic E-state index is 11.2. The van der Waals surface area contributed by atoms with Crippen LogP contribution in [0.2, 0.25) is 0 Å². The van der Waals surface area contributed by atoms with E-state index in [2.05, 4.69) is 5.10 Å². The van der Waals surface area contributed by atoms with Crippen molar-refractivity contribution in [2.24, 2.45) is 0 Å². The topological polar surface area (TPSA) is 55.1 Å². The number of nitrogens with zero attached hydrogens (tertiary/aromatic N) is 2. The van der Waals surface area contributed by atoms with Crippen molar-refractivity contribution >= 4 is 16.9 Å². The molecule has 3 aromatic rings. The van der Waals surface area contributed by atoms with Gasteiger partial charge in [0.1, 0.15) is 0 Å². The van der Waals surface area contributed by atoms with Gasteiger partial charge in [0.25, 0.3) is 0 Å². The lowest BCUT2D eigenvalue weighted by Gasteiger charge is -2.03. The predicted molar refractivity (Wildman–Crippen MR) is 72.2 cm³/mol. The summed E-state index contributed by atoms with van der Waals surface area (Å²) in [5.74, 6) is -0.997. The van der Waals surface area contributed by atoms with Gasteiger partial charge in [-0.25, -0.2) is 4.79 Å². The largest absolute Gasteiger partial charge is 0.476 e. The molecule has 0 amide bonds. The molecule has 0 aliphatic carbocycles. The highest BCUT2D eigenvalue weighted by Crippen LogP contribution is 2.19. The summed E-state index contributed by atoms with van der Waals surface area (Å²) in [7, 11) is 0. The number of carboxylic acid groups (broad SMARTS) is 1. The molecule has 94 valence electrons. The Balaban J connectivity index is 2.11. The Kier molecular flexibility index (Phi) is 2.76. The SMILES string of the molecule is O=C(O)c1nn(Cc2ccccc2)c2ccccc12. The number of fused-ring (bicyclic) bond motifs is 1. The molecule has 0 aliphatic heterocycles. The molecule has 0 aliphatic rings. The van der Waals surface area contributed by atoms with E-state index in [0.717, 1.165) is 11.1 Å². The maximum Gasteiger partial charge on any atom is 0.357 e. The lowest BCUT2D eigenvalue weighted by Crippen LogP contribution is -2.04. The summed E-state index contributed by atoms with van der Waals surface area (Å²) < 4.78 is 1.73. The molecule has 0 saturated heterocycles. The fourth-order valence-corrected chi connectivity index (χ4v) is 2.16. The molecule has 19 heavy (non-hydrogen) atoms. The average molecular weight is 252 g/mol. The van der Waals surface area contributed by atoms with Crippen LogP contribution in [0.15, 0.2) is 54.6 Å². The van der Waals surface area contributed by atoms with Crippen molar-refractivity contribution in [1.29, 1.82) is 0 Å². The summed E-state index contributed by atoms with van der Waals surface area (Å²) in [6.45, 7) is 0.564. The normalized spacial score (nSPS) is 10.7. The van der Waals surface area contributed by atoms with E-state index in [1.165, 1.54) is 0 Å². The van der Waals surface area contributed by atoms with Gasteiger partial charge in [0.15, 0.2) is 5.69 Å². The van der Waals surface area contributed by atoms with Gasteiger partial charge in [-0.1, -0.05) is 48.5 Å². The van der Waals surface area contributed by atoms with Gasteiger partial charge >= 0.3 is 5.97 Å². The van der Waals surface area contributed by atoms with Crippen LogP contribution in [-0.2, 0) is 6.54 Å². The number of para-hydroxylation sites is 1. The van der Waals surface area contributed by atoms with Crippen molar-refractivity contribution in [3.63, 3.8) is 0 Å². The van der Waals surface area contributed by atoms with Crippen LogP contribution in [-0.4, -0.2) is 20.9 Å². The molecule has 0 bridgehead atoms. The smallest absolute Gasteiger partial charge is 0.357 e. The number of aromatic nitrogens is 2. The fourth-order valence-electron chi connectivity index (χ4n) is 2.16. The van der Waals surface area contributed by atoms with Crippen LogP contribution in [0.3, 0.4) is 0 Å². The molecule has 0 unspecified atom stereocenters. The van der Waals surface area contributed by atoms with Crippen LogP contribution in [0.1, 0.15) is 16.1 Å². The number of benzene rings is 2. The lowest BCUT2D eigenvalue weighted by molar-refractivity contribution is 0.0691. The van der Waals surface area contributed by atoms with E-state index < -0.39 is 5.97 Å². The van der Waals surface area contributed by atoms with E-state index in [1.807, 2.05) is 48.5 Å². The van der Waals surface area contributed by atoms with Crippen LogP contribution in [0.5, 0.6) is 0 Å². The summed E-state index contributed by atoms with van der Waals surface area (Å²) in [5, 5.41) is 14.1. The molecule has 1 heterocycles. The first kappa shape index (κ1) is 11.5. The fraction of sp³-hybridized carbons (Fsp3) is 0.0667. The van der Waals surface area contributed by atoms with E-state index in [1.54, 1.807) is 10.7 Å². The minimum absolute atomic E-state index is 0.103. The first-order chi connectivity index (χ1) is 9.25. The van der Waals surface area contributed by atoms with Crippen LogP contribution < -0.4 is 0 Å². The first-order valence-corrected chi connectivity index (χ1v) is 5.98. The highest BCUT2D eigenvalue weighted by molar-refractivity contribution is 6.01. The van der Waals surface area contributed by atoms with Crippen molar-refractivity contribution < 1.29 is 9.90 Å². The number of carbonyl (C=O) groups is 1. The standard InChI is InChI=1S/C15H12N2O2/c18-15(19)14-12-8-4-5-9-13(12)17(16-14)10-11-6-2-1-3-7-11/h1-9H,10H2,(H,18,19). The molecule has 0 fully saturated rings. The molecule has 1 N–H and O–H groups in total. The molecule has 0 atom stereocenters. The van der Waals surface area contributed by atoms with Crippen molar-refractivity contribution in [3.05, 3.63) is 65.9 Å². The van der Waals surface area contributed by atoms with E-state index in [0.29, 0.717) is 11.9 Å². The second kappa shape index (κ2) is 4.57. The second-order valence-electron chi connectivity index (χ2n) is 4.31. The van der Waals surface area contributed by atoms with Crippen LogP contribution >= 0.6 is 0 Å². The Hall–Kier alpha value is -2.62. The van der Waals surface area contributed by atoms with E-state index in [9.17, 15) is 9.90 Å². The number of aromatic carboxylic acids is 1. The van der Waals surface area contributed by atoms with E-state index in [-0.39, 0.29) is 5.69 Å². The molecule has 1 aromatic heterocycles. The molecule has 2 aromatic carbocycles. The lowest BCUT2D eigenvalue weighted by atomic mass is 10.2. The van der Waals surface area contributed by atoms with Gasteiger partial charge in [-0.05, 0) is 11.6 Å². The number of carboxylic acids is 1. The number of hydrogen-bond donors (Lipinski definition) is 1. The van der Waals surface area contributed by atoms with Crippen LogP contribution in [0.25, 0.3) is 10.9 Å². The monoisotopic (exact) mass is 252 g/mol. The van der Waals surface area contributed by atoms with E-state index in [4.69, 9.17) is 0 Å². The van der Waals surface area contributed by atoms with Crippen molar-refractivity contribution in [3.8, 4) is 0 Å². The highest BCUT2D eigenvalue weighted by Gasteiger charge is 2.15. The van der Waals surface area contributed by atoms with Gasteiger partial charge in [0.2, 0.25) is 0 Å². The third-order valence-corrected chi connectivity index (χ3v) is 3.04. The van der Waals surface area contributed by atoms with Gasteiger partial charge in [-0.3, -0.25) is 4.68 Å². The first-order valence-electron chi connectivity index (χ1n) is 5.98. The zero-order valence-corrected chi connectivity index (χ0v) is 10.2. The Morgan fingerprint density at radius 1 is 1.05 bits per heavy atom. The van der Waals surface area contributed by atoms with Crippen LogP contribution in [0, 0.1) is 0 Å². The molecule has 4 heteroatoms.